The highest BCUT2D eigenvalue weighted by Crippen LogP contribution is 2.12. The minimum absolute atomic E-state index is 0.376. The first-order chi connectivity index (χ1) is 7.90. The molecule has 0 saturated heterocycles. The Morgan fingerprint density at radius 2 is 1.94 bits per heavy atom. The first-order valence-electron chi connectivity index (χ1n) is 5.31. The molecule has 90 valence electrons. The second-order valence-electron chi connectivity index (χ2n) is 4.62. The molecule has 17 heavy (non-hydrogen) atoms. The summed E-state index contributed by atoms with van der Waals surface area (Å²) in [6, 6.07) is 6.86. The Balaban J connectivity index is 2.45. The fraction of sp³-hybridized carbons (Fsp3) is 0.417. The number of carbonyl (C=O) groups excluding carboxylic acids is 1. The zero-order valence-corrected chi connectivity index (χ0v) is 10.2. The molecule has 0 atom stereocenters. The SMILES string of the molecule is CC(C)(C)OC(=O)NCc1ccc([N+]#N)cc1. The zero-order valence-electron chi connectivity index (χ0n) is 10.2. The van der Waals surface area contributed by atoms with Crippen molar-refractivity contribution in [2.24, 2.45) is 0 Å². The van der Waals surface area contributed by atoms with Crippen molar-refractivity contribution in [1.29, 1.82) is 5.39 Å². The summed E-state index contributed by atoms with van der Waals surface area (Å²) in [6.07, 6.45) is -0.451. The molecular formula is C12H16N3O2+. The van der Waals surface area contributed by atoms with Gasteiger partial charge in [0.1, 0.15) is 5.60 Å². The van der Waals surface area contributed by atoms with Crippen LogP contribution in [0.15, 0.2) is 24.3 Å². The van der Waals surface area contributed by atoms with Gasteiger partial charge in [-0.3, -0.25) is 0 Å². The van der Waals surface area contributed by atoms with Crippen LogP contribution in [0.1, 0.15) is 26.3 Å². The fourth-order valence-corrected chi connectivity index (χ4v) is 1.17. The molecule has 0 spiro atoms. The molecule has 1 N–H and O–H groups in total. The van der Waals surface area contributed by atoms with E-state index < -0.39 is 11.7 Å². The largest absolute Gasteiger partial charge is 0.444 e. The number of amides is 1. The van der Waals surface area contributed by atoms with Crippen molar-refractivity contribution in [3.63, 3.8) is 0 Å². The maximum atomic E-state index is 11.4. The standard InChI is InChI=1S/C12H15N3O2/c1-12(2,3)17-11(16)14-8-9-4-6-10(15-13)7-5-9/h4-7H,8H2,1-3H3/p+1. The van der Waals surface area contributed by atoms with E-state index >= 15 is 0 Å². The number of hydrogen-bond acceptors (Lipinski definition) is 3. The van der Waals surface area contributed by atoms with Gasteiger partial charge >= 0.3 is 11.8 Å². The minimum Gasteiger partial charge on any atom is -0.444 e. The third-order valence-electron chi connectivity index (χ3n) is 1.89. The topological polar surface area (TPSA) is 66.5 Å². The fourth-order valence-electron chi connectivity index (χ4n) is 1.17. The van der Waals surface area contributed by atoms with E-state index in [1.807, 2.05) is 20.8 Å². The van der Waals surface area contributed by atoms with E-state index in [2.05, 4.69) is 10.3 Å². The van der Waals surface area contributed by atoms with E-state index in [0.717, 1.165) is 5.56 Å². The van der Waals surface area contributed by atoms with Crippen LogP contribution in [0, 0.1) is 5.39 Å². The molecule has 1 amide bonds. The predicted molar refractivity (Wildman–Crippen MR) is 64.3 cm³/mol. The predicted octanol–water partition coefficient (Wildman–Crippen LogP) is 3.20. The number of diazo groups is 1. The van der Waals surface area contributed by atoms with Crippen LogP contribution in [0.25, 0.3) is 4.98 Å². The van der Waals surface area contributed by atoms with Crippen molar-refractivity contribution in [2.75, 3.05) is 0 Å². The first kappa shape index (κ1) is 13.0. The van der Waals surface area contributed by atoms with E-state index in [1.165, 1.54) is 0 Å². The number of rotatable bonds is 2. The van der Waals surface area contributed by atoms with Gasteiger partial charge in [-0.05, 0) is 38.5 Å². The summed E-state index contributed by atoms with van der Waals surface area (Å²) in [7, 11) is 0. The van der Waals surface area contributed by atoms with Crippen molar-refractivity contribution >= 4 is 11.8 Å². The molecule has 1 aromatic carbocycles. The van der Waals surface area contributed by atoms with Gasteiger partial charge in [0, 0.05) is 18.7 Å². The minimum atomic E-state index is -0.496. The van der Waals surface area contributed by atoms with Crippen molar-refractivity contribution in [3.8, 4) is 0 Å². The molecule has 0 aromatic heterocycles. The van der Waals surface area contributed by atoms with Crippen LogP contribution in [0.5, 0.6) is 0 Å². The summed E-state index contributed by atoms with van der Waals surface area (Å²) < 4.78 is 5.10. The Hall–Kier alpha value is -2.09. The third kappa shape index (κ3) is 4.98. The Bertz CT molecular complexity index is 427. The Morgan fingerprint density at radius 1 is 1.35 bits per heavy atom. The Kier molecular flexibility index (Phi) is 4.05. The number of alkyl carbamates (subject to hydrolysis) is 1. The summed E-state index contributed by atoms with van der Waals surface area (Å²) >= 11 is 0. The van der Waals surface area contributed by atoms with Crippen molar-refractivity contribution in [3.05, 3.63) is 34.8 Å². The zero-order chi connectivity index (χ0) is 12.9. The van der Waals surface area contributed by atoms with Crippen LogP contribution in [0.4, 0.5) is 10.5 Å². The van der Waals surface area contributed by atoms with Gasteiger partial charge < -0.3 is 10.1 Å². The monoisotopic (exact) mass is 234 g/mol. The summed E-state index contributed by atoms with van der Waals surface area (Å²) in [6.45, 7) is 5.80. The highest BCUT2D eigenvalue weighted by molar-refractivity contribution is 5.67. The van der Waals surface area contributed by atoms with Crippen LogP contribution in [0.2, 0.25) is 0 Å². The lowest BCUT2D eigenvalue weighted by Gasteiger charge is -2.19. The molecule has 0 heterocycles. The lowest BCUT2D eigenvalue weighted by molar-refractivity contribution is 0.0523. The molecule has 0 bridgehead atoms. The van der Waals surface area contributed by atoms with Gasteiger partial charge in [-0.2, -0.15) is 0 Å². The maximum Gasteiger partial charge on any atom is 0.407 e. The average molecular weight is 234 g/mol. The first-order valence-corrected chi connectivity index (χ1v) is 5.31. The number of nitrogens with zero attached hydrogens (tertiary/aromatic N) is 2. The van der Waals surface area contributed by atoms with Gasteiger partial charge in [-0.1, -0.05) is 0 Å². The average Bonchev–Trinajstić information content (AvgIpc) is 2.25. The van der Waals surface area contributed by atoms with E-state index in [1.54, 1.807) is 24.3 Å². The van der Waals surface area contributed by atoms with Gasteiger partial charge in [0.2, 0.25) is 5.39 Å². The lowest BCUT2D eigenvalue weighted by atomic mass is 10.2. The van der Waals surface area contributed by atoms with E-state index in [4.69, 9.17) is 10.1 Å². The highest BCUT2D eigenvalue weighted by atomic mass is 16.6. The number of nitrogens with one attached hydrogen (secondary N) is 1. The number of ether oxygens (including phenoxy) is 1. The van der Waals surface area contributed by atoms with Gasteiger partial charge in [0.25, 0.3) is 0 Å². The summed E-state index contributed by atoms with van der Waals surface area (Å²) in [5.41, 5.74) is 0.887. The van der Waals surface area contributed by atoms with Crippen molar-refractivity contribution in [1.82, 2.24) is 5.32 Å². The molecule has 1 rings (SSSR count). The number of benzene rings is 1. The van der Waals surface area contributed by atoms with Crippen LogP contribution < -0.4 is 5.32 Å². The number of carbonyl (C=O) groups is 1. The number of hydrogen-bond donors (Lipinski definition) is 1. The lowest BCUT2D eigenvalue weighted by Crippen LogP contribution is -2.32. The molecule has 5 heteroatoms. The molecule has 0 unspecified atom stereocenters. The van der Waals surface area contributed by atoms with Crippen LogP contribution in [-0.4, -0.2) is 11.7 Å². The molecule has 0 radical (unpaired) electrons. The Morgan fingerprint density at radius 3 is 2.41 bits per heavy atom. The maximum absolute atomic E-state index is 11.4. The van der Waals surface area contributed by atoms with Crippen LogP contribution in [0.3, 0.4) is 0 Å². The second-order valence-corrected chi connectivity index (χ2v) is 4.62. The molecular weight excluding hydrogens is 218 g/mol. The van der Waals surface area contributed by atoms with E-state index in [0.29, 0.717) is 12.2 Å². The summed E-state index contributed by atoms with van der Waals surface area (Å²) in [5.74, 6) is 0. The smallest absolute Gasteiger partial charge is 0.407 e. The molecule has 0 saturated carbocycles. The quantitative estimate of drug-likeness (QED) is 0.799. The van der Waals surface area contributed by atoms with Crippen molar-refractivity contribution < 1.29 is 9.53 Å². The highest BCUT2D eigenvalue weighted by Gasteiger charge is 2.15. The van der Waals surface area contributed by atoms with Gasteiger partial charge in [0.05, 0.1) is 0 Å². The van der Waals surface area contributed by atoms with E-state index in [9.17, 15) is 4.79 Å². The molecule has 0 fully saturated rings. The summed E-state index contributed by atoms with van der Waals surface area (Å²) in [5, 5.41) is 11.1. The summed E-state index contributed by atoms with van der Waals surface area (Å²) in [4.78, 5) is 14.4. The molecule has 0 aliphatic carbocycles. The molecule has 0 aliphatic rings. The van der Waals surface area contributed by atoms with Crippen molar-refractivity contribution in [2.45, 2.75) is 32.9 Å². The van der Waals surface area contributed by atoms with Crippen LogP contribution in [-0.2, 0) is 11.3 Å². The second kappa shape index (κ2) is 5.30. The Labute approximate surface area is 100 Å². The normalized spacial score (nSPS) is 10.5. The van der Waals surface area contributed by atoms with Crippen LogP contribution >= 0.6 is 0 Å². The van der Waals surface area contributed by atoms with Gasteiger partial charge in [-0.15, -0.1) is 0 Å². The molecule has 5 nitrogen and oxygen atoms in total. The van der Waals surface area contributed by atoms with Gasteiger partial charge in [0.15, 0.2) is 4.98 Å². The third-order valence-corrected chi connectivity index (χ3v) is 1.89. The van der Waals surface area contributed by atoms with Gasteiger partial charge in [-0.25, -0.2) is 4.79 Å². The molecule has 0 aliphatic heterocycles. The molecule has 1 aromatic rings. The van der Waals surface area contributed by atoms with E-state index in [-0.39, 0.29) is 0 Å².